The van der Waals surface area contributed by atoms with Gasteiger partial charge in [-0.25, -0.2) is 0 Å². The summed E-state index contributed by atoms with van der Waals surface area (Å²) in [5.41, 5.74) is -0.270. The number of carbonyl (C=O) groups excluding carboxylic acids is 1. The van der Waals surface area contributed by atoms with Crippen molar-refractivity contribution in [2.75, 3.05) is 6.61 Å². The smallest absolute Gasteiger partial charge is 0.546 e. The monoisotopic (exact) mass is 235 g/mol. The summed E-state index contributed by atoms with van der Waals surface area (Å²) < 4.78 is 4.66. The van der Waals surface area contributed by atoms with Crippen LogP contribution in [0.15, 0.2) is 24.3 Å². The van der Waals surface area contributed by atoms with Crippen LogP contribution < -0.4 is 61.2 Å². The fourth-order valence-corrected chi connectivity index (χ4v) is 0.867. The van der Waals surface area contributed by atoms with E-state index in [1.807, 2.05) is 0 Å². The molecule has 0 fully saturated rings. The third kappa shape index (κ3) is 4.71. The molecule has 0 aliphatic carbocycles. The molecule has 6 nitrogen and oxygen atoms in total. The summed E-state index contributed by atoms with van der Waals surface area (Å²) in [6, 6.07) is 5.52. The Morgan fingerprint density at radius 1 is 1.40 bits per heavy atom. The van der Waals surface area contributed by atoms with E-state index in [1.54, 1.807) is 0 Å². The predicted octanol–water partition coefficient (Wildman–Crippen LogP) is -3.27. The fourth-order valence-electron chi connectivity index (χ4n) is 0.867. The maximum absolute atomic E-state index is 10.4. The molecule has 0 amide bonds. The van der Waals surface area contributed by atoms with Crippen molar-refractivity contribution in [3.8, 4) is 5.75 Å². The molecule has 7 heteroatoms. The normalized spacial score (nSPS) is 8.80. The summed E-state index contributed by atoms with van der Waals surface area (Å²) >= 11 is 0. The second-order valence-electron chi connectivity index (χ2n) is 2.39. The van der Waals surface area contributed by atoms with Crippen LogP contribution in [0.1, 0.15) is 0 Å². The number of hydrogen-bond acceptors (Lipinski definition) is 5. The molecule has 1 aromatic carbocycles. The first-order valence-electron chi connectivity index (χ1n) is 3.67. The van der Waals surface area contributed by atoms with Gasteiger partial charge in [0.05, 0.1) is 10.9 Å². The molecule has 0 radical (unpaired) electrons. The van der Waals surface area contributed by atoms with Gasteiger partial charge in [0.1, 0.15) is 6.61 Å². The van der Waals surface area contributed by atoms with Crippen molar-refractivity contribution in [3.63, 3.8) is 0 Å². The molecule has 15 heavy (non-hydrogen) atoms. The third-order valence-corrected chi connectivity index (χ3v) is 1.41. The number of nitro groups is 1. The van der Waals surface area contributed by atoms with Crippen molar-refractivity contribution in [1.82, 2.24) is 0 Å². The summed E-state index contributed by atoms with van der Waals surface area (Å²) in [5, 5.41) is 20.5. The van der Waals surface area contributed by atoms with Crippen molar-refractivity contribution >= 4 is 11.7 Å². The summed E-state index contributed by atoms with van der Waals surface area (Å²) in [7, 11) is 0. The first-order valence-corrected chi connectivity index (χ1v) is 3.67. The Balaban J connectivity index is 0.00000196. The van der Waals surface area contributed by atoms with Gasteiger partial charge in [-0.1, -0.05) is 12.1 Å². The zero-order chi connectivity index (χ0) is 10.6. The molecule has 0 aromatic heterocycles. The van der Waals surface area contributed by atoms with Gasteiger partial charge in [0.25, 0.3) is 0 Å². The third-order valence-electron chi connectivity index (χ3n) is 1.41. The van der Waals surface area contributed by atoms with Crippen LogP contribution in [-0.4, -0.2) is 17.5 Å². The van der Waals surface area contributed by atoms with Crippen molar-refractivity contribution in [3.05, 3.63) is 34.4 Å². The van der Waals surface area contributed by atoms with Crippen molar-refractivity contribution < 1.29 is 70.9 Å². The van der Waals surface area contributed by atoms with Gasteiger partial charge in [-0.3, -0.25) is 10.1 Å². The molecule has 0 saturated heterocycles. The van der Waals surface area contributed by atoms with Crippen molar-refractivity contribution in [1.29, 1.82) is 0 Å². The van der Waals surface area contributed by atoms with Gasteiger partial charge in [-0.15, -0.1) is 0 Å². The van der Waals surface area contributed by atoms with E-state index < -0.39 is 17.5 Å². The van der Waals surface area contributed by atoms with Gasteiger partial charge < -0.3 is 14.6 Å². The maximum Gasteiger partial charge on any atom is 1.00 e. The largest absolute Gasteiger partial charge is 1.00 e. The minimum Gasteiger partial charge on any atom is -0.546 e. The number of carboxylic acids is 1. The molecule has 0 saturated carbocycles. The molecular weight excluding hydrogens is 229 g/mol. The molecule has 0 heterocycles. The number of benzene rings is 1. The van der Waals surface area contributed by atoms with E-state index in [0.29, 0.717) is 0 Å². The first kappa shape index (κ1) is 14.5. The standard InChI is InChI=1S/C8H7NO5.K/c10-8(11)5-14-7-4-2-1-3-6(7)9(12)13;/h1-4H,5H2,(H,10,11);/q;+1/p-1. The number of nitro benzene ring substituents is 1. The topological polar surface area (TPSA) is 92.5 Å². The number of para-hydroxylation sites is 2. The van der Waals surface area contributed by atoms with Gasteiger partial charge >= 0.3 is 57.1 Å². The van der Waals surface area contributed by atoms with E-state index in [2.05, 4.69) is 4.74 Å². The van der Waals surface area contributed by atoms with Crippen LogP contribution in [0.25, 0.3) is 0 Å². The Morgan fingerprint density at radius 3 is 2.53 bits per heavy atom. The van der Waals surface area contributed by atoms with Crippen LogP contribution in [0.2, 0.25) is 0 Å². The average molecular weight is 235 g/mol. The van der Waals surface area contributed by atoms with E-state index in [-0.39, 0.29) is 62.8 Å². The molecular formula is C8H6KNO5. The van der Waals surface area contributed by atoms with Gasteiger partial charge in [0.2, 0.25) is 0 Å². The first-order chi connectivity index (χ1) is 6.61. The Hall–Kier alpha value is -0.474. The number of nitrogens with zero attached hydrogens (tertiary/aromatic N) is 1. The zero-order valence-corrected chi connectivity index (χ0v) is 11.1. The van der Waals surface area contributed by atoms with Crippen molar-refractivity contribution in [2.24, 2.45) is 0 Å². The van der Waals surface area contributed by atoms with Crippen molar-refractivity contribution in [2.45, 2.75) is 0 Å². The van der Waals surface area contributed by atoms with Crippen LogP contribution in [0.3, 0.4) is 0 Å². The number of ether oxygens (including phenoxy) is 1. The molecule has 0 aliphatic rings. The fraction of sp³-hybridized carbons (Fsp3) is 0.125. The second-order valence-corrected chi connectivity index (χ2v) is 2.39. The molecule has 0 unspecified atom stereocenters. The van der Waals surface area contributed by atoms with Crippen LogP contribution >= 0.6 is 0 Å². The Labute approximate surface area is 128 Å². The van der Waals surface area contributed by atoms with E-state index >= 15 is 0 Å². The van der Waals surface area contributed by atoms with Gasteiger partial charge in [-0.05, 0) is 6.07 Å². The summed E-state index contributed by atoms with van der Waals surface area (Å²) in [6.07, 6.45) is 0. The SMILES string of the molecule is O=C([O-])COc1ccccc1[N+](=O)[O-].[K+]. The molecule has 74 valence electrons. The Bertz CT molecular complexity index is 368. The number of aliphatic carboxylic acids is 1. The van der Waals surface area contributed by atoms with E-state index in [4.69, 9.17) is 0 Å². The zero-order valence-electron chi connectivity index (χ0n) is 8.00. The number of rotatable bonds is 4. The minimum absolute atomic E-state index is 0. The quantitative estimate of drug-likeness (QED) is 0.310. The molecule has 0 aliphatic heterocycles. The molecule has 0 atom stereocenters. The maximum atomic E-state index is 10.4. The van der Waals surface area contributed by atoms with Gasteiger partial charge in [0.15, 0.2) is 5.75 Å². The molecule has 0 N–H and O–H groups in total. The second kappa shape index (κ2) is 6.91. The summed E-state index contributed by atoms with van der Waals surface area (Å²) in [4.78, 5) is 19.8. The van der Waals surface area contributed by atoms with Crippen LogP contribution in [0.5, 0.6) is 5.75 Å². The molecule has 0 bridgehead atoms. The van der Waals surface area contributed by atoms with Gasteiger partial charge in [-0.2, -0.15) is 0 Å². The molecule has 0 spiro atoms. The predicted molar refractivity (Wildman–Crippen MR) is 43.6 cm³/mol. The summed E-state index contributed by atoms with van der Waals surface area (Å²) in [6.45, 7) is -0.704. The Kier molecular flexibility index (Phi) is 6.69. The van der Waals surface area contributed by atoms with Crippen LogP contribution in [-0.2, 0) is 4.79 Å². The van der Waals surface area contributed by atoms with E-state index in [1.165, 1.54) is 24.3 Å². The number of carboxylic acid groups (broad SMARTS) is 1. The van der Waals surface area contributed by atoms with Crippen LogP contribution in [0.4, 0.5) is 5.69 Å². The number of carbonyl (C=O) groups is 1. The van der Waals surface area contributed by atoms with Gasteiger partial charge in [0, 0.05) is 6.07 Å². The minimum atomic E-state index is -1.43. The number of hydrogen-bond donors (Lipinski definition) is 0. The van der Waals surface area contributed by atoms with E-state index in [0.717, 1.165) is 0 Å². The van der Waals surface area contributed by atoms with Crippen LogP contribution in [0, 0.1) is 10.1 Å². The molecule has 1 rings (SSSR count). The van der Waals surface area contributed by atoms with E-state index in [9.17, 15) is 20.0 Å². The Morgan fingerprint density at radius 2 is 2.00 bits per heavy atom. The summed E-state index contributed by atoms with van der Waals surface area (Å²) in [5.74, 6) is -1.51. The average Bonchev–Trinajstić information content (AvgIpc) is 2.15. The molecule has 1 aromatic rings.